The van der Waals surface area contributed by atoms with Crippen molar-refractivity contribution < 1.29 is 31.8 Å². The number of ether oxygens (including phenoxy) is 2. The first-order chi connectivity index (χ1) is 15.2. The molecule has 170 valence electrons. The fourth-order valence-corrected chi connectivity index (χ4v) is 3.63. The minimum absolute atomic E-state index is 0.0255. The number of benzene rings is 2. The van der Waals surface area contributed by atoms with Gasteiger partial charge in [0.05, 0.1) is 19.3 Å². The Labute approximate surface area is 185 Å². The molecule has 1 amide bonds. The van der Waals surface area contributed by atoms with Gasteiger partial charge in [-0.25, -0.2) is 13.8 Å². The standard InChI is InChI=1S/C21H19F4N3O3S/c1-28(9-12-3-6-17(31-20(24)25)18(7-12)30-2)10-19(29)27-21-26-16(11-32-21)13-4-5-14(22)15(23)8-13/h3-8,11,20H,9-10H2,1-2H3,(H,26,27,29). The van der Waals surface area contributed by atoms with E-state index < -0.39 is 18.2 Å². The largest absolute Gasteiger partial charge is 0.493 e. The maximum Gasteiger partial charge on any atom is 0.387 e. The molecule has 0 unspecified atom stereocenters. The molecule has 1 heterocycles. The van der Waals surface area contributed by atoms with E-state index in [0.717, 1.165) is 29.0 Å². The van der Waals surface area contributed by atoms with Crippen molar-refractivity contribution in [2.75, 3.05) is 26.0 Å². The average Bonchev–Trinajstić information content (AvgIpc) is 3.18. The van der Waals surface area contributed by atoms with Crippen molar-refractivity contribution in [3.63, 3.8) is 0 Å². The summed E-state index contributed by atoms with van der Waals surface area (Å²) in [6, 6.07) is 7.99. The summed E-state index contributed by atoms with van der Waals surface area (Å²) in [5.74, 6) is -2.17. The number of anilines is 1. The molecule has 0 radical (unpaired) electrons. The lowest BCUT2D eigenvalue weighted by molar-refractivity contribution is -0.117. The molecule has 0 fully saturated rings. The number of nitrogens with one attached hydrogen (secondary N) is 1. The second-order valence-corrected chi connectivity index (χ2v) is 7.61. The lowest BCUT2D eigenvalue weighted by Gasteiger charge is -2.17. The second kappa shape index (κ2) is 10.4. The molecule has 0 bridgehead atoms. The molecule has 0 spiro atoms. The highest BCUT2D eigenvalue weighted by Gasteiger charge is 2.14. The van der Waals surface area contributed by atoms with Crippen LogP contribution in [-0.2, 0) is 11.3 Å². The quantitative estimate of drug-likeness (QED) is 0.458. The third-order valence-corrected chi connectivity index (χ3v) is 5.03. The number of aromatic nitrogens is 1. The molecule has 2 aromatic carbocycles. The van der Waals surface area contributed by atoms with Crippen LogP contribution in [0.15, 0.2) is 41.8 Å². The van der Waals surface area contributed by atoms with E-state index >= 15 is 0 Å². The van der Waals surface area contributed by atoms with Gasteiger partial charge in [-0.1, -0.05) is 6.07 Å². The number of hydrogen-bond acceptors (Lipinski definition) is 6. The van der Waals surface area contributed by atoms with E-state index in [4.69, 9.17) is 4.74 Å². The highest BCUT2D eigenvalue weighted by molar-refractivity contribution is 7.14. The van der Waals surface area contributed by atoms with E-state index in [1.807, 2.05) is 0 Å². The third-order valence-electron chi connectivity index (χ3n) is 4.28. The van der Waals surface area contributed by atoms with Crippen LogP contribution in [0.4, 0.5) is 22.7 Å². The van der Waals surface area contributed by atoms with Crippen molar-refractivity contribution >= 4 is 22.4 Å². The Balaban J connectivity index is 1.57. The van der Waals surface area contributed by atoms with Gasteiger partial charge in [0, 0.05) is 17.5 Å². The van der Waals surface area contributed by atoms with Crippen LogP contribution in [0.5, 0.6) is 11.5 Å². The van der Waals surface area contributed by atoms with Gasteiger partial charge in [-0.2, -0.15) is 8.78 Å². The summed E-state index contributed by atoms with van der Waals surface area (Å²) in [6.07, 6.45) is 0. The van der Waals surface area contributed by atoms with Gasteiger partial charge in [0.2, 0.25) is 5.91 Å². The SMILES string of the molecule is COc1cc(CN(C)CC(=O)Nc2nc(-c3ccc(F)c(F)c3)cs2)ccc1OC(F)F. The summed E-state index contributed by atoms with van der Waals surface area (Å²) in [5.41, 5.74) is 1.54. The number of carbonyl (C=O) groups is 1. The first kappa shape index (κ1) is 23.5. The van der Waals surface area contributed by atoms with E-state index in [9.17, 15) is 22.4 Å². The first-order valence-corrected chi connectivity index (χ1v) is 10.1. The van der Waals surface area contributed by atoms with Crippen molar-refractivity contribution in [1.29, 1.82) is 0 Å². The molecule has 0 atom stereocenters. The highest BCUT2D eigenvalue weighted by Crippen LogP contribution is 2.30. The van der Waals surface area contributed by atoms with Crippen LogP contribution in [0, 0.1) is 11.6 Å². The zero-order valence-electron chi connectivity index (χ0n) is 17.1. The Morgan fingerprint density at radius 2 is 1.94 bits per heavy atom. The predicted molar refractivity (Wildman–Crippen MR) is 112 cm³/mol. The Bertz CT molecular complexity index is 1090. The number of hydrogen-bond donors (Lipinski definition) is 1. The van der Waals surface area contributed by atoms with E-state index in [1.165, 1.54) is 19.2 Å². The van der Waals surface area contributed by atoms with E-state index in [1.54, 1.807) is 29.5 Å². The van der Waals surface area contributed by atoms with Crippen LogP contribution >= 0.6 is 11.3 Å². The lowest BCUT2D eigenvalue weighted by Crippen LogP contribution is -2.29. The second-order valence-electron chi connectivity index (χ2n) is 6.75. The minimum Gasteiger partial charge on any atom is -0.493 e. The van der Waals surface area contributed by atoms with Gasteiger partial charge in [-0.3, -0.25) is 9.69 Å². The van der Waals surface area contributed by atoms with Crippen molar-refractivity contribution in [2.45, 2.75) is 13.2 Å². The number of amides is 1. The molecule has 32 heavy (non-hydrogen) atoms. The predicted octanol–water partition coefficient (Wildman–Crippen LogP) is 4.77. The third kappa shape index (κ3) is 6.17. The van der Waals surface area contributed by atoms with E-state index in [0.29, 0.717) is 22.9 Å². The van der Waals surface area contributed by atoms with Gasteiger partial charge in [0.25, 0.3) is 0 Å². The summed E-state index contributed by atoms with van der Waals surface area (Å²) in [7, 11) is 3.06. The van der Waals surface area contributed by atoms with Gasteiger partial charge < -0.3 is 14.8 Å². The van der Waals surface area contributed by atoms with Gasteiger partial charge >= 0.3 is 6.61 Å². The van der Waals surface area contributed by atoms with Crippen LogP contribution in [0.1, 0.15) is 5.56 Å². The van der Waals surface area contributed by atoms with E-state index in [-0.39, 0.29) is 24.0 Å². The number of likely N-dealkylation sites (N-methyl/N-ethyl adjacent to an activating group) is 1. The van der Waals surface area contributed by atoms with Crippen LogP contribution in [-0.4, -0.2) is 43.1 Å². The molecule has 1 N–H and O–H groups in total. The lowest BCUT2D eigenvalue weighted by atomic mass is 10.2. The molecule has 0 saturated heterocycles. The van der Waals surface area contributed by atoms with Crippen molar-refractivity contribution in [2.24, 2.45) is 0 Å². The summed E-state index contributed by atoms with van der Waals surface area (Å²) >= 11 is 1.16. The Hall–Kier alpha value is -3.18. The summed E-state index contributed by atoms with van der Waals surface area (Å²) in [6.45, 7) is -2.59. The molecule has 3 rings (SSSR count). The fraction of sp³-hybridized carbons (Fsp3) is 0.238. The zero-order chi connectivity index (χ0) is 23.3. The first-order valence-electron chi connectivity index (χ1n) is 9.26. The van der Waals surface area contributed by atoms with Crippen LogP contribution < -0.4 is 14.8 Å². The number of rotatable bonds is 9. The molecule has 0 aliphatic rings. The van der Waals surface area contributed by atoms with Crippen molar-refractivity contribution in [3.8, 4) is 22.8 Å². The normalized spacial score (nSPS) is 11.1. The summed E-state index contributed by atoms with van der Waals surface area (Å²) in [5, 5.41) is 4.60. The molecule has 6 nitrogen and oxygen atoms in total. The number of carbonyl (C=O) groups excluding carboxylic acids is 1. The van der Waals surface area contributed by atoms with Crippen LogP contribution in [0.25, 0.3) is 11.3 Å². The Kier molecular flexibility index (Phi) is 7.65. The van der Waals surface area contributed by atoms with Crippen molar-refractivity contribution in [1.82, 2.24) is 9.88 Å². The Morgan fingerprint density at radius 1 is 1.16 bits per heavy atom. The molecule has 0 saturated carbocycles. The van der Waals surface area contributed by atoms with Gasteiger partial charge in [0.1, 0.15) is 0 Å². The van der Waals surface area contributed by atoms with Crippen LogP contribution in [0.3, 0.4) is 0 Å². The zero-order valence-corrected chi connectivity index (χ0v) is 17.9. The number of alkyl halides is 2. The summed E-state index contributed by atoms with van der Waals surface area (Å²) in [4.78, 5) is 18.3. The maximum atomic E-state index is 13.4. The molecular formula is C21H19F4N3O3S. The fourth-order valence-electron chi connectivity index (χ4n) is 2.89. The highest BCUT2D eigenvalue weighted by atomic mass is 32.1. The molecule has 1 aromatic heterocycles. The number of methoxy groups -OCH3 is 1. The maximum absolute atomic E-state index is 13.4. The smallest absolute Gasteiger partial charge is 0.387 e. The topological polar surface area (TPSA) is 63.7 Å². The van der Waals surface area contributed by atoms with Crippen LogP contribution in [0.2, 0.25) is 0 Å². The van der Waals surface area contributed by atoms with E-state index in [2.05, 4.69) is 15.0 Å². The summed E-state index contributed by atoms with van der Waals surface area (Å²) < 4.78 is 60.8. The number of thiazole rings is 1. The number of nitrogens with zero attached hydrogens (tertiary/aromatic N) is 2. The molecule has 0 aliphatic carbocycles. The molecule has 11 heteroatoms. The van der Waals surface area contributed by atoms with Gasteiger partial charge in [-0.15, -0.1) is 11.3 Å². The average molecular weight is 469 g/mol. The number of halogens is 4. The molecular weight excluding hydrogens is 450 g/mol. The Morgan fingerprint density at radius 3 is 2.62 bits per heavy atom. The van der Waals surface area contributed by atoms with Crippen molar-refractivity contribution in [3.05, 3.63) is 59.0 Å². The molecule has 3 aromatic rings. The van der Waals surface area contributed by atoms with Gasteiger partial charge in [-0.05, 0) is 42.9 Å². The molecule has 0 aliphatic heterocycles. The van der Waals surface area contributed by atoms with Gasteiger partial charge in [0.15, 0.2) is 28.3 Å². The minimum atomic E-state index is -2.96. The monoisotopic (exact) mass is 469 g/mol.